The van der Waals surface area contributed by atoms with Crippen LogP contribution in [-0.4, -0.2) is 19.9 Å². The number of para-hydroxylation sites is 1. The number of hydrogen-bond acceptors (Lipinski definition) is 2. The van der Waals surface area contributed by atoms with Crippen molar-refractivity contribution in [3.8, 4) is 0 Å². The van der Waals surface area contributed by atoms with E-state index in [9.17, 15) is 4.79 Å². The first kappa shape index (κ1) is 19.2. The van der Waals surface area contributed by atoms with E-state index in [0.717, 1.165) is 5.69 Å². The first-order valence-electron chi connectivity index (χ1n) is 9.43. The zero-order chi connectivity index (χ0) is 19.8. The van der Waals surface area contributed by atoms with E-state index >= 15 is 0 Å². The highest BCUT2D eigenvalue weighted by molar-refractivity contribution is 6.00. The quantitative estimate of drug-likeness (QED) is 0.519. The Morgan fingerprint density at radius 1 is 0.926 bits per heavy atom. The minimum atomic E-state index is -0.0253. The van der Waals surface area contributed by atoms with Crippen molar-refractivity contribution in [1.29, 1.82) is 0 Å². The van der Waals surface area contributed by atoms with E-state index in [1.54, 1.807) is 6.33 Å². The van der Waals surface area contributed by atoms with Crippen LogP contribution >= 0.6 is 0 Å². The molecule has 1 aliphatic carbocycles. The van der Waals surface area contributed by atoms with Gasteiger partial charge in [0.05, 0.1) is 12.0 Å². The average Bonchev–Trinajstić information content (AvgIpc) is 3.19. The van der Waals surface area contributed by atoms with Gasteiger partial charge in [0, 0.05) is 29.2 Å². The molecule has 0 atom stereocenters. The van der Waals surface area contributed by atoms with Gasteiger partial charge in [0.15, 0.2) is 5.78 Å². The second-order valence-electron chi connectivity index (χ2n) is 8.96. The van der Waals surface area contributed by atoms with Gasteiger partial charge in [0.1, 0.15) is 5.69 Å². The van der Waals surface area contributed by atoms with Crippen LogP contribution in [0.3, 0.4) is 0 Å². The molecule has 0 unspecified atom stereocenters. The SMILES string of the molecule is CC(C)(C)n1ccc2ccccc21.CC(C)(C)n1cnc2c1C=CCC2=O. The molecule has 0 N–H and O–H groups in total. The van der Waals surface area contributed by atoms with Gasteiger partial charge < -0.3 is 9.13 Å². The van der Waals surface area contributed by atoms with Crippen LogP contribution in [0, 0.1) is 0 Å². The second kappa shape index (κ2) is 6.84. The summed E-state index contributed by atoms with van der Waals surface area (Å²) in [6.45, 7) is 13.0. The minimum absolute atomic E-state index is 0.0253. The van der Waals surface area contributed by atoms with Crippen LogP contribution < -0.4 is 0 Å². The molecule has 0 aliphatic heterocycles. The molecular weight excluding hydrogens is 334 g/mol. The number of nitrogens with zero attached hydrogens (tertiary/aromatic N) is 3. The van der Waals surface area contributed by atoms with Crippen LogP contribution in [0.1, 0.15) is 64.1 Å². The average molecular weight is 364 g/mol. The summed E-state index contributed by atoms with van der Waals surface area (Å²) in [6, 6.07) is 10.7. The normalized spacial score (nSPS) is 14.1. The standard InChI is InChI=1S/C12H15N.C11H14N2O/c1-12(2,3)13-9-8-10-6-4-5-7-11(10)13;1-11(2,3)13-7-12-10-8(13)5-4-6-9(10)14/h4-9H,1-3H3;4-5,7H,6H2,1-3H3. The highest BCUT2D eigenvalue weighted by atomic mass is 16.1. The summed E-state index contributed by atoms with van der Waals surface area (Å²) in [6.07, 6.45) is 8.26. The van der Waals surface area contributed by atoms with Gasteiger partial charge in [-0.3, -0.25) is 4.79 Å². The first-order valence-corrected chi connectivity index (χ1v) is 9.43. The molecule has 1 aliphatic rings. The Labute approximate surface area is 161 Å². The largest absolute Gasteiger partial charge is 0.342 e. The second-order valence-corrected chi connectivity index (χ2v) is 8.96. The topological polar surface area (TPSA) is 39.8 Å². The number of benzene rings is 1. The number of carbonyl (C=O) groups excluding carboxylic acids is 1. The summed E-state index contributed by atoms with van der Waals surface area (Å²) >= 11 is 0. The van der Waals surface area contributed by atoms with Crippen LogP contribution in [0.2, 0.25) is 0 Å². The van der Waals surface area contributed by atoms with Gasteiger partial charge in [0.25, 0.3) is 0 Å². The Hall–Kier alpha value is -2.62. The molecule has 0 fully saturated rings. The fourth-order valence-corrected chi connectivity index (χ4v) is 3.31. The molecule has 27 heavy (non-hydrogen) atoms. The van der Waals surface area contributed by atoms with Crippen molar-refractivity contribution in [1.82, 2.24) is 14.1 Å². The van der Waals surface area contributed by atoms with E-state index in [2.05, 4.69) is 87.6 Å². The van der Waals surface area contributed by atoms with Crippen LogP contribution in [-0.2, 0) is 11.1 Å². The highest BCUT2D eigenvalue weighted by Crippen LogP contribution is 2.24. The summed E-state index contributed by atoms with van der Waals surface area (Å²) in [5, 5.41) is 1.32. The van der Waals surface area contributed by atoms with Gasteiger partial charge in [-0.25, -0.2) is 4.98 Å². The number of rotatable bonds is 0. The van der Waals surface area contributed by atoms with Crippen molar-refractivity contribution in [3.05, 3.63) is 60.3 Å². The molecule has 2 aromatic heterocycles. The molecule has 0 amide bonds. The van der Waals surface area contributed by atoms with Crippen molar-refractivity contribution in [2.45, 2.75) is 59.0 Å². The molecule has 0 spiro atoms. The maximum absolute atomic E-state index is 11.5. The Balaban J connectivity index is 0.000000156. The number of fused-ring (bicyclic) bond motifs is 2. The lowest BCUT2D eigenvalue weighted by Crippen LogP contribution is -2.23. The maximum Gasteiger partial charge on any atom is 0.187 e. The molecule has 4 nitrogen and oxygen atoms in total. The first-order chi connectivity index (χ1) is 12.6. The Bertz CT molecular complexity index is 991. The molecule has 2 heterocycles. The van der Waals surface area contributed by atoms with Crippen LogP contribution in [0.4, 0.5) is 0 Å². The van der Waals surface area contributed by atoms with E-state index in [4.69, 9.17) is 0 Å². The summed E-state index contributed by atoms with van der Waals surface area (Å²) in [4.78, 5) is 15.7. The zero-order valence-electron chi connectivity index (χ0n) is 17.2. The predicted molar refractivity (Wildman–Crippen MR) is 112 cm³/mol. The summed E-state index contributed by atoms with van der Waals surface area (Å²) in [5.74, 6) is 0.116. The van der Waals surface area contributed by atoms with Crippen molar-refractivity contribution >= 4 is 22.8 Å². The number of carbonyl (C=O) groups is 1. The van der Waals surface area contributed by atoms with Gasteiger partial charge >= 0.3 is 0 Å². The van der Waals surface area contributed by atoms with Crippen LogP contribution in [0.25, 0.3) is 17.0 Å². The highest BCUT2D eigenvalue weighted by Gasteiger charge is 2.23. The number of imidazole rings is 1. The van der Waals surface area contributed by atoms with Crippen molar-refractivity contribution in [3.63, 3.8) is 0 Å². The third kappa shape index (κ3) is 3.90. The lowest BCUT2D eigenvalue weighted by Gasteiger charge is -2.23. The molecule has 0 saturated carbocycles. The summed E-state index contributed by atoms with van der Waals surface area (Å²) < 4.78 is 4.35. The Morgan fingerprint density at radius 2 is 1.59 bits per heavy atom. The Morgan fingerprint density at radius 3 is 2.26 bits per heavy atom. The molecule has 0 radical (unpaired) electrons. The van der Waals surface area contributed by atoms with Gasteiger partial charge in [-0.15, -0.1) is 0 Å². The van der Waals surface area contributed by atoms with E-state index in [1.807, 2.05) is 16.7 Å². The van der Waals surface area contributed by atoms with Crippen molar-refractivity contribution in [2.24, 2.45) is 0 Å². The number of aromatic nitrogens is 3. The fraction of sp³-hybridized carbons (Fsp3) is 0.391. The number of hydrogen-bond donors (Lipinski definition) is 0. The molecular formula is C23H29N3O. The Kier molecular flexibility index (Phi) is 4.85. The lowest BCUT2D eigenvalue weighted by atomic mass is 10.0. The monoisotopic (exact) mass is 363 g/mol. The van der Waals surface area contributed by atoms with Crippen molar-refractivity contribution in [2.75, 3.05) is 0 Å². The predicted octanol–water partition coefficient (Wildman–Crippen LogP) is 5.63. The van der Waals surface area contributed by atoms with Gasteiger partial charge in [-0.2, -0.15) is 0 Å². The molecule has 0 bridgehead atoms. The van der Waals surface area contributed by atoms with Gasteiger partial charge in [-0.05, 0) is 65.1 Å². The van der Waals surface area contributed by atoms with E-state index < -0.39 is 0 Å². The summed E-state index contributed by atoms with van der Waals surface area (Å²) in [5.41, 5.74) is 3.01. The number of ketones is 1. The lowest BCUT2D eigenvalue weighted by molar-refractivity contribution is 0.0990. The van der Waals surface area contributed by atoms with Crippen LogP contribution in [0.5, 0.6) is 0 Å². The summed E-state index contributed by atoms with van der Waals surface area (Å²) in [7, 11) is 0. The fourth-order valence-electron chi connectivity index (χ4n) is 3.31. The van der Waals surface area contributed by atoms with E-state index in [-0.39, 0.29) is 16.9 Å². The van der Waals surface area contributed by atoms with Gasteiger partial charge in [0.2, 0.25) is 0 Å². The maximum atomic E-state index is 11.5. The number of allylic oxidation sites excluding steroid dienone is 1. The molecule has 3 aromatic rings. The third-order valence-electron chi connectivity index (χ3n) is 4.69. The van der Waals surface area contributed by atoms with Gasteiger partial charge in [-0.1, -0.05) is 24.3 Å². The molecule has 4 heteroatoms. The molecule has 4 rings (SSSR count). The smallest absolute Gasteiger partial charge is 0.187 e. The third-order valence-corrected chi connectivity index (χ3v) is 4.69. The molecule has 0 saturated heterocycles. The molecule has 142 valence electrons. The van der Waals surface area contributed by atoms with E-state index in [0.29, 0.717) is 12.1 Å². The zero-order valence-corrected chi connectivity index (χ0v) is 17.2. The van der Waals surface area contributed by atoms with Crippen molar-refractivity contribution < 1.29 is 4.79 Å². The van der Waals surface area contributed by atoms with Crippen LogP contribution in [0.15, 0.2) is 48.9 Å². The minimum Gasteiger partial charge on any atom is -0.342 e. The molecule has 1 aromatic carbocycles. The van der Waals surface area contributed by atoms with E-state index in [1.165, 1.54) is 10.9 Å². The number of Topliss-reactive ketones (excluding diaryl/α,β-unsaturated/α-hetero) is 1.